The van der Waals surface area contributed by atoms with Crippen molar-refractivity contribution >= 4 is 23.0 Å². The second kappa shape index (κ2) is 10.4. The van der Waals surface area contributed by atoms with Crippen molar-refractivity contribution in [3.63, 3.8) is 0 Å². The monoisotopic (exact) mass is 446 g/mol. The van der Waals surface area contributed by atoms with Crippen molar-refractivity contribution in [2.75, 3.05) is 43.2 Å². The van der Waals surface area contributed by atoms with Crippen molar-refractivity contribution in [3.05, 3.63) is 78.4 Å². The number of nitrogens with one attached hydrogen (secondary N) is 1. The van der Waals surface area contributed by atoms with Crippen molar-refractivity contribution in [2.24, 2.45) is 0 Å². The Labute approximate surface area is 194 Å². The zero-order valence-electron chi connectivity index (χ0n) is 19.1. The maximum Gasteiger partial charge on any atom is 0.217 e. The number of para-hydroxylation sites is 1. The molecule has 1 saturated heterocycles. The van der Waals surface area contributed by atoms with E-state index in [1.807, 2.05) is 72.8 Å². The van der Waals surface area contributed by atoms with E-state index in [2.05, 4.69) is 22.2 Å². The van der Waals surface area contributed by atoms with Gasteiger partial charge in [-0.2, -0.15) is 0 Å². The second-order valence-electron chi connectivity index (χ2n) is 8.23. The van der Waals surface area contributed by atoms with Crippen molar-refractivity contribution in [2.45, 2.75) is 13.5 Å². The summed E-state index contributed by atoms with van der Waals surface area (Å²) in [6.07, 6.45) is 0. The maximum absolute atomic E-state index is 11.5. The molecule has 0 atom stereocenters. The van der Waals surface area contributed by atoms with Gasteiger partial charge in [-0.15, -0.1) is 0 Å². The van der Waals surface area contributed by atoms with Crippen LogP contribution in [0.3, 0.4) is 0 Å². The summed E-state index contributed by atoms with van der Waals surface area (Å²) in [6.45, 7) is 5.69. The molecule has 1 fully saturated rings. The van der Waals surface area contributed by atoms with Gasteiger partial charge in [-0.1, -0.05) is 24.3 Å². The van der Waals surface area contributed by atoms with Crippen molar-refractivity contribution in [1.82, 2.24) is 10.2 Å². The molecule has 1 aliphatic heterocycles. The summed E-state index contributed by atoms with van der Waals surface area (Å²) >= 11 is 0. The summed E-state index contributed by atoms with van der Waals surface area (Å²) in [5, 5.41) is 15.0. The Hall–Kier alpha value is -3.55. The van der Waals surface area contributed by atoms with Gasteiger partial charge in [0.1, 0.15) is 11.5 Å². The summed E-state index contributed by atoms with van der Waals surface area (Å²) in [6, 6.07) is 22.7. The molecule has 33 heavy (non-hydrogen) atoms. The summed E-state index contributed by atoms with van der Waals surface area (Å²) in [5.74, 6) is 1.39. The number of anilines is 3. The van der Waals surface area contributed by atoms with Crippen molar-refractivity contribution in [3.8, 4) is 11.5 Å². The van der Waals surface area contributed by atoms with E-state index in [9.17, 15) is 10.0 Å². The van der Waals surface area contributed by atoms with Crippen LogP contribution in [0.25, 0.3) is 0 Å². The molecule has 1 heterocycles. The molecule has 4 rings (SSSR count). The first-order valence-electron chi connectivity index (χ1n) is 11.1. The summed E-state index contributed by atoms with van der Waals surface area (Å²) in [7, 11) is 2.12. The molecule has 0 spiro atoms. The van der Waals surface area contributed by atoms with Crippen LogP contribution in [-0.2, 0) is 11.3 Å². The van der Waals surface area contributed by atoms with Crippen LogP contribution >= 0.6 is 0 Å². The van der Waals surface area contributed by atoms with Gasteiger partial charge in [-0.05, 0) is 61.1 Å². The molecule has 0 saturated carbocycles. The standard InChI is InChI=1S/C26H30N4O3/c1-20(31)27-19-21-8-9-23(18-26(21)29-16-14-28(2)15-17-29)30(32)22-10-12-25(13-11-22)33-24-6-4-3-5-7-24/h3-13,18,32H,14-17,19H2,1-2H3,(H,27,31). The van der Waals surface area contributed by atoms with Gasteiger partial charge in [0.15, 0.2) is 0 Å². The number of benzene rings is 3. The zero-order chi connectivity index (χ0) is 23.2. The van der Waals surface area contributed by atoms with E-state index >= 15 is 0 Å². The third-order valence-corrected chi connectivity index (χ3v) is 5.75. The van der Waals surface area contributed by atoms with Gasteiger partial charge in [0.25, 0.3) is 0 Å². The summed E-state index contributed by atoms with van der Waals surface area (Å²) < 4.78 is 5.84. The minimum atomic E-state index is -0.0648. The summed E-state index contributed by atoms with van der Waals surface area (Å²) in [5.41, 5.74) is 3.34. The van der Waals surface area contributed by atoms with E-state index in [0.717, 1.165) is 43.2 Å². The Morgan fingerprint density at radius 2 is 1.58 bits per heavy atom. The molecule has 1 amide bonds. The molecular weight excluding hydrogens is 416 g/mol. The number of rotatable bonds is 7. The number of amides is 1. The maximum atomic E-state index is 11.5. The lowest BCUT2D eigenvalue weighted by atomic mass is 10.1. The number of ether oxygens (including phenoxy) is 1. The Bertz CT molecular complexity index is 1060. The minimum absolute atomic E-state index is 0.0648. The fourth-order valence-corrected chi connectivity index (χ4v) is 3.82. The van der Waals surface area contributed by atoms with Crippen molar-refractivity contribution < 1.29 is 14.7 Å². The molecule has 3 aromatic carbocycles. The number of carbonyl (C=O) groups excluding carboxylic acids is 1. The smallest absolute Gasteiger partial charge is 0.217 e. The lowest BCUT2D eigenvalue weighted by Gasteiger charge is -2.35. The Kier molecular flexibility index (Phi) is 7.12. The molecule has 7 nitrogen and oxygen atoms in total. The molecule has 0 bridgehead atoms. The quantitative estimate of drug-likeness (QED) is 0.525. The van der Waals surface area contributed by atoms with Crippen LogP contribution in [0.15, 0.2) is 72.8 Å². The van der Waals surface area contributed by atoms with Gasteiger partial charge in [0.05, 0.1) is 11.4 Å². The molecule has 1 aliphatic rings. The number of hydrogen-bond acceptors (Lipinski definition) is 6. The minimum Gasteiger partial charge on any atom is -0.457 e. The fraction of sp³-hybridized carbons (Fsp3) is 0.269. The predicted octanol–water partition coefficient (Wildman–Crippen LogP) is 4.39. The van der Waals surface area contributed by atoms with E-state index < -0.39 is 0 Å². The third-order valence-electron chi connectivity index (χ3n) is 5.75. The first kappa shape index (κ1) is 22.6. The Morgan fingerprint density at radius 3 is 2.24 bits per heavy atom. The van der Waals surface area contributed by atoms with Crippen LogP contribution in [0.2, 0.25) is 0 Å². The molecule has 172 valence electrons. The van der Waals surface area contributed by atoms with Crippen LogP contribution < -0.4 is 20.0 Å². The molecule has 0 aliphatic carbocycles. The van der Waals surface area contributed by atoms with Gasteiger partial charge in [-0.25, -0.2) is 5.06 Å². The van der Waals surface area contributed by atoms with E-state index in [0.29, 0.717) is 23.7 Å². The summed E-state index contributed by atoms with van der Waals surface area (Å²) in [4.78, 5) is 16.1. The van der Waals surface area contributed by atoms with E-state index in [4.69, 9.17) is 4.74 Å². The highest BCUT2D eigenvalue weighted by molar-refractivity contribution is 5.74. The van der Waals surface area contributed by atoms with Crippen LogP contribution in [-0.4, -0.2) is 49.2 Å². The van der Waals surface area contributed by atoms with Crippen LogP contribution in [0.1, 0.15) is 12.5 Å². The van der Waals surface area contributed by atoms with Gasteiger partial charge < -0.3 is 19.9 Å². The van der Waals surface area contributed by atoms with Gasteiger partial charge in [0.2, 0.25) is 5.91 Å². The normalized spacial score (nSPS) is 14.1. The van der Waals surface area contributed by atoms with Gasteiger partial charge in [0, 0.05) is 45.3 Å². The number of nitrogens with zero attached hydrogens (tertiary/aromatic N) is 3. The lowest BCUT2D eigenvalue weighted by molar-refractivity contribution is -0.119. The molecule has 3 aromatic rings. The highest BCUT2D eigenvalue weighted by Crippen LogP contribution is 2.32. The number of likely N-dealkylation sites (N-methyl/N-ethyl adjacent to an activating group) is 1. The Morgan fingerprint density at radius 1 is 0.939 bits per heavy atom. The fourth-order valence-electron chi connectivity index (χ4n) is 3.82. The predicted molar refractivity (Wildman–Crippen MR) is 131 cm³/mol. The average Bonchev–Trinajstić information content (AvgIpc) is 2.84. The topological polar surface area (TPSA) is 68.3 Å². The molecule has 0 radical (unpaired) electrons. The van der Waals surface area contributed by atoms with E-state index in [-0.39, 0.29) is 5.91 Å². The Balaban J connectivity index is 1.54. The number of hydrogen-bond donors (Lipinski definition) is 2. The first-order valence-corrected chi connectivity index (χ1v) is 11.1. The molecule has 0 aromatic heterocycles. The van der Waals surface area contributed by atoms with Crippen LogP contribution in [0.4, 0.5) is 17.1 Å². The molecule has 0 unspecified atom stereocenters. The number of piperazine rings is 1. The first-order chi connectivity index (χ1) is 16.0. The highest BCUT2D eigenvalue weighted by Gasteiger charge is 2.19. The van der Waals surface area contributed by atoms with Gasteiger partial charge in [-0.3, -0.25) is 10.0 Å². The lowest BCUT2D eigenvalue weighted by Crippen LogP contribution is -2.45. The zero-order valence-corrected chi connectivity index (χ0v) is 19.1. The molecule has 7 heteroatoms. The largest absolute Gasteiger partial charge is 0.457 e. The van der Waals surface area contributed by atoms with E-state index in [1.54, 1.807) is 0 Å². The van der Waals surface area contributed by atoms with Crippen molar-refractivity contribution in [1.29, 1.82) is 0 Å². The highest BCUT2D eigenvalue weighted by atomic mass is 16.5. The molecular formula is C26H30N4O3. The molecule has 2 N–H and O–H groups in total. The van der Waals surface area contributed by atoms with Gasteiger partial charge >= 0.3 is 0 Å². The third kappa shape index (κ3) is 5.83. The van der Waals surface area contributed by atoms with Crippen LogP contribution in [0, 0.1) is 0 Å². The number of carbonyl (C=O) groups is 1. The average molecular weight is 447 g/mol. The SMILES string of the molecule is CC(=O)NCc1ccc(N(O)c2ccc(Oc3ccccc3)cc2)cc1N1CCN(C)CC1. The van der Waals surface area contributed by atoms with Crippen LogP contribution in [0.5, 0.6) is 11.5 Å². The van der Waals surface area contributed by atoms with E-state index in [1.165, 1.54) is 12.0 Å². The second-order valence-corrected chi connectivity index (χ2v) is 8.23.